The Kier molecular flexibility index (Phi) is 4.07. The van der Waals surface area contributed by atoms with Crippen LogP contribution in [0.1, 0.15) is 29.7 Å². The van der Waals surface area contributed by atoms with Gasteiger partial charge in [-0.05, 0) is 48.7 Å². The minimum absolute atomic E-state index is 0.144. The van der Waals surface area contributed by atoms with Crippen molar-refractivity contribution in [2.75, 3.05) is 12.3 Å². The SMILES string of the molecule is CCOc1ccc(C(N)c2ccc(N)cc2)cc1C. The van der Waals surface area contributed by atoms with Crippen LogP contribution in [0.4, 0.5) is 5.69 Å². The molecule has 0 saturated heterocycles. The summed E-state index contributed by atoms with van der Waals surface area (Å²) >= 11 is 0. The van der Waals surface area contributed by atoms with Gasteiger partial charge in [0.1, 0.15) is 5.75 Å². The number of hydrogen-bond acceptors (Lipinski definition) is 3. The lowest BCUT2D eigenvalue weighted by molar-refractivity contribution is 0.338. The minimum Gasteiger partial charge on any atom is -0.494 e. The van der Waals surface area contributed by atoms with Crippen LogP contribution in [-0.4, -0.2) is 6.61 Å². The number of aryl methyl sites for hydroxylation is 1. The summed E-state index contributed by atoms with van der Waals surface area (Å²) in [4.78, 5) is 0. The van der Waals surface area contributed by atoms with E-state index >= 15 is 0 Å². The summed E-state index contributed by atoms with van der Waals surface area (Å²) in [6.45, 7) is 4.68. The summed E-state index contributed by atoms with van der Waals surface area (Å²) < 4.78 is 5.54. The topological polar surface area (TPSA) is 61.3 Å². The Morgan fingerprint density at radius 1 is 1.05 bits per heavy atom. The van der Waals surface area contributed by atoms with Gasteiger partial charge in [-0.2, -0.15) is 0 Å². The van der Waals surface area contributed by atoms with Crippen LogP contribution in [0.5, 0.6) is 5.75 Å². The molecule has 0 aliphatic rings. The first kappa shape index (κ1) is 13.4. The maximum Gasteiger partial charge on any atom is 0.122 e. The van der Waals surface area contributed by atoms with E-state index in [2.05, 4.69) is 6.07 Å². The predicted molar refractivity (Wildman–Crippen MR) is 79.2 cm³/mol. The van der Waals surface area contributed by atoms with Gasteiger partial charge in [0.15, 0.2) is 0 Å². The van der Waals surface area contributed by atoms with Crippen molar-refractivity contribution in [3.8, 4) is 5.75 Å². The minimum atomic E-state index is -0.144. The van der Waals surface area contributed by atoms with Gasteiger partial charge < -0.3 is 16.2 Å². The van der Waals surface area contributed by atoms with E-state index in [4.69, 9.17) is 16.2 Å². The van der Waals surface area contributed by atoms with Gasteiger partial charge in [0.2, 0.25) is 0 Å². The predicted octanol–water partition coefficient (Wildman–Crippen LogP) is 3.02. The second-order valence-corrected chi connectivity index (χ2v) is 4.60. The number of ether oxygens (including phenoxy) is 1. The largest absolute Gasteiger partial charge is 0.494 e. The molecule has 0 aliphatic heterocycles. The van der Waals surface area contributed by atoms with Crippen molar-refractivity contribution >= 4 is 5.69 Å². The smallest absolute Gasteiger partial charge is 0.122 e. The molecule has 0 aromatic heterocycles. The van der Waals surface area contributed by atoms with Crippen LogP contribution in [0, 0.1) is 6.92 Å². The Bertz CT molecular complexity index is 549. The van der Waals surface area contributed by atoms with E-state index in [1.165, 1.54) is 0 Å². The van der Waals surface area contributed by atoms with Crippen molar-refractivity contribution in [2.24, 2.45) is 5.73 Å². The molecular weight excluding hydrogens is 236 g/mol. The third kappa shape index (κ3) is 3.06. The van der Waals surface area contributed by atoms with Gasteiger partial charge in [-0.15, -0.1) is 0 Å². The average Bonchev–Trinajstić information content (AvgIpc) is 2.41. The molecule has 1 atom stereocenters. The van der Waals surface area contributed by atoms with Crippen molar-refractivity contribution in [1.29, 1.82) is 0 Å². The highest BCUT2D eigenvalue weighted by molar-refractivity contribution is 5.44. The quantitative estimate of drug-likeness (QED) is 0.827. The zero-order chi connectivity index (χ0) is 13.8. The number of nitrogens with two attached hydrogens (primary N) is 2. The molecular formula is C16H20N2O. The van der Waals surface area contributed by atoms with E-state index in [1.807, 2.05) is 50.2 Å². The van der Waals surface area contributed by atoms with Gasteiger partial charge in [-0.1, -0.05) is 24.3 Å². The second-order valence-electron chi connectivity index (χ2n) is 4.60. The standard InChI is InChI=1S/C16H20N2O/c1-3-19-15-9-6-13(10-11(15)2)16(18)12-4-7-14(17)8-5-12/h4-10,16H,3,17-18H2,1-2H3. The third-order valence-corrected chi connectivity index (χ3v) is 3.15. The van der Waals surface area contributed by atoms with Crippen LogP contribution in [0.25, 0.3) is 0 Å². The molecule has 100 valence electrons. The molecule has 1 unspecified atom stereocenters. The molecule has 4 N–H and O–H groups in total. The highest BCUT2D eigenvalue weighted by atomic mass is 16.5. The van der Waals surface area contributed by atoms with Gasteiger partial charge in [-0.25, -0.2) is 0 Å². The van der Waals surface area contributed by atoms with Crippen LogP contribution in [-0.2, 0) is 0 Å². The van der Waals surface area contributed by atoms with E-state index in [0.29, 0.717) is 6.61 Å². The fraction of sp³-hybridized carbons (Fsp3) is 0.250. The molecule has 3 nitrogen and oxygen atoms in total. The monoisotopic (exact) mass is 256 g/mol. The lowest BCUT2D eigenvalue weighted by Crippen LogP contribution is -2.12. The van der Waals surface area contributed by atoms with Crippen molar-refractivity contribution in [1.82, 2.24) is 0 Å². The summed E-state index contributed by atoms with van der Waals surface area (Å²) in [5.74, 6) is 0.913. The first-order valence-electron chi connectivity index (χ1n) is 6.46. The first-order chi connectivity index (χ1) is 9.11. The van der Waals surface area contributed by atoms with E-state index in [1.54, 1.807) is 0 Å². The molecule has 19 heavy (non-hydrogen) atoms. The number of hydrogen-bond donors (Lipinski definition) is 2. The molecule has 0 bridgehead atoms. The van der Waals surface area contributed by atoms with E-state index in [0.717, 1.165) is 28.1 Å². The zero-order valence-corrected chi connectivity index (χ0v) is 11.4. The fourth-order valence-corrected chi connectivity index (χ4v) is 2.08. The second kappa shape index (κ2) is 5.76. The Morgan fingerprint density at radius 3 is 2.26 bits per heavy atom. The van der Waals surface area contributed by atoms with Crippen molar-refractivity contribution in [2.45, 2.75) is 19.9 Å². The van der Waals surface area contributed by atoms with Gasteiger partial charge in [0.25, 0.3) is 0 Å². The highest BCUT2D eigenvalue weighted by Crippen LogP contribution is 2.25. The zero-order valence-electron chi connectivity index (χ0n) is 11.4. The summed E-state index contributed by atoms with van der Waals surface area (Å²) in [5.41, 5.74) is 15.9. The lowest BCUT2D eigenvalue weighted by Gasteiger charge is -2.15. The number of nitrogen functional groups attached to an aromatic ring is 1. The van der Waals surface area contributed by atoms with Crippen molar-refractivity contribution in [3.05, 3.63) is 59.2 Å². The molecule has 0 amide bonds. The molecule has 0 fully saturated rings. The molecule has 3 heteroatoms. The molecule has 2 rings (SSSR count). The van der Waals surface area contributed by atoms with Crippen LogP contribution in [0.2, 0.25) is 0 Å². The number of benzene rings is 2. The summed E-state index contributed by atoms with van der Waals surface area (Å²) in [6, 6.07) is 13.6. The van der Waals surface area contributed by atoms with Crippen LogP contribution in [0.3, 0.4) is 0 Å². The molecule has 0 saturated carbocycles. The van der Waals surface area contributed by atoms with Gasteiger partial charge in [0, 0.05) is 5.69 Å². The molecule has 0 aliphatic carbocycles. The molecule has 2 aromatic carbocycles. The summed E-state index contributed by atoms with van der Waals surface area (Å²) in [5, 5.41) is 0. The van der Waals surface area contributed by atoms with Crippen LogP contribution in [0.15, 0.2) is 42.5 Å². The Hall–Kier alpha value is -2.00. The maximum atomic E-state index is 6.28. The first-order valence-corrected chi connectivity index (χ1v) is 6.46. The normalized spacial score (nSPS) is 12.2. The molecule has 0 heterocycles. The average molecular weight is 256 g/mol. The highest BCUT2D eigenvalue weighted by Gasteiger charge is 2.10. The Balaban J connectivity index is 2.26. The lowest BCUT2D eigenvalue weighted by atomic mass is 9.98. The van der Waals surface area contributed by atoms with Crippen molar-refractivity contribution < 1.29 is 4.74 Å². The van der Waals surface area contributed by atoms with Crippen molar-refractivity contribution in [3.63, 3.8) is 0 Å². The maximum absolute atomic E-state index is 6.28. The number of anilines is 1. The molecule has 2 aromatic rings. The van der Waals surface area contributed by atoms with Gasteiger partial charge in [-0.3, -0.25) is 0 Å². The van der Waals surface area contributed by atoms with Gasteiger partial charge in [0.05, 0.1) is 12.6 Å². The van der Waals surface area contributed by atoms with E-state index in [9.17, 15) is 0 Å². The Morgan fingerprint density at radius 2 is 1.68 bits per heavy atom. The number of rotatable bonds is 4. The van der Waals surface area contributed by atoms with Crippen LogP contribution >= 0.6 is 0 Å². The summed E-state index contributed by atoms with van der Waals surface area (Å²) in [7, 11) is 0. The van der Waals surface area contributed by atoms with Gasteiger partial charge >= 0.3 is 0 Å². The van der Waals surface area contributed by atoms with E-state index < -0.39 is 0 Å². The Labute approximate surface area is 114 Å². The summed E-state index contributed by atoms with van der Waals surface area (Å²) in [6.07, 6.45) is 0. The fourth-order valence-electron chi connectivity index (χ4n) is 2.08. The third-order valence-electron chi connectivity index (χ3n) is 3.15. The van der Waals surface area contributed by atoms with Crippen LogP contribution < -0.4 is 16.2 Å². The van der Waals surface area contributed by atoms with E-state index in [-0.39, 0.29) is 6.04 Å². The molecule has 0 radical (unpaired) electrons. The molecule has 0 spiro atoms.